The fraction of sp³-hybridized carbons (Fsp3) is 0.857. The lowest BCUT2D eigenvalue weighted by Crippen LogP contribution is -2.27. The van der Waals surface area contributed by atoms with Crippen LogP contribution < -0.4 is 0 Å². The van der Waals surface area contributed by atoms with Crippen molar-refractivity contribution in [3.63, 3.8) is 0 Å². The van der Waals surface area contributed by atoms with E-state index in [1.54, 1.807) is 0 Å². The third-order valence-electron chi connectivity index (χ3n) is 2.31. The summed E-state index contributed by atoms with van der Waals surface area (Å²) in [7, 11) is 0. The number of nitrogens with zero attached hydrogens (tertiary/aromatic N) is 3. The predicted molar refractivity (Wildman–Crippen MR) is 39.6 cm³/mol. The molecular weight excluding hydrogens is 126 g/mol. The summed E-state index contributed by atoms with van der Waals surface area (Å²) in [6, 6.07) is 0.830. The summed E-state index contributed by atoms with van der Waals surface area (Å²) < 4.78 is 0. The molecule has 2 rings (SSSR count). The van der Waals surface area contributed by atoms with Crippen molar-refractivity contribution in [3.8, 4) is 0 Å². The predicted octanol–water partition coefficient (Wildman–Crippen LogP) is 1.30. The van der Waals surface area contributed by atoms with Crippen LogP contribution in [0.1, 0.15) is 13.3 Å². The molecule has 0 fully saturated rings. The van der Waals surface area contributed by atoms with E-state index in [-0.39, 0.29) is 0 Å². The van der Waals surface area contributed by atoms with Gasteiger partial charge in [0.25, 0.3) is 0 Å². The van der Waals surface area contributed by atoms with Gasteiger partial charge in [0.1, 0.15) is 0 Å². The quantitative estimate of drug-likeness (QED) is 0.482. The van der Waals surface area contributed by atoms with Crippen LogP contribution in [0.15, 0.2) is 15.2 Å². The fourth-order valence-electron chi connectivity index (χ4n) is 1.59. The molecule has 2 aliphatic rings. The first kappa shape index (κ1) is 6.01. The average molecular weight is 137 g/mol. The topological polar surface area (TPSA) is 37.1 Å². The Kier molecular flexibility index (Phi) is 1.29. The van der Waals surface area contributed by atoms with Crippen LogP contribution in [0, 0.1) is 5.92 Å². The summed E-state index contributed by atoms with van der Waals surface area (Å²) in [6.45, 7) is 2.99. The highest BCUT2D eigenvalue weighted by Gasteiger charge is 2.32. The Morgan fingerprint density at radius 2 is 2.30 bits per heavy atom. The van der Waals surface area contributed by atoms with Crippen LogP contribution in [0.2, 0.25) is 0 Å². The van der Waals surface area contributed by atoms with Crippen LogP contribution in [0.25, 0.3) is 0 Å². The highest BCUT2D eigenvalue weighted by molar-refractivity contribution is 5.59. The Labute approximate surface area is 60.3 Å². The van der Waals surface area contributed by atoms with Crippen LogP contribution in [0.3, 0.4) is 0 Å². The molecule has 3 atom stereocenters. The number of rotatable bonds is 0. The Morgan fingerprint density at radius 1 is 1.40 bits per heavy atom. The summed E-state index contributed by atoms with van der Waals surface area (Å²) in [5, 5.41) is 8.28. The van der Waals surface area contributed by atoms with Gasteiger partial charge in [0.15, 0.2) is 0 Å². The summed E-state index contributed by atoms with van der Waals surface area (Å²) in [6.07, 6.45) is 3.08. The zero-order valence-corrected chi connectivity index (χ0v) is 6.07. The molecule has 0 saturated heterocycles. The molecule has 0 aliphatic carbocycles. The van der Waals surface area contributed by atoms with Gasteiger partial charge in [-0.05, 0) is 19.6 Å². The van der Waals surface area contributed by atoms with E-state index in [0.717, 1.165) is 13.0 Å². The van der Waals surface area contributed by atoms with E-state index in [1.165, 1.54) is 0 Å². The molecule has 0 saturated carbocycles. The largest absolute Gasteiger partial charge is 0.295 e. The lowest BCUT2D eigenvalue weighted by molar-refractivity contribution is 0.432. The summed E-state index contributed by atoms with van der Waals surface area (Å²) in [5.41, 5.74) is 0. The second-order valence-electron chi connectivity index (χ2n) is 2.99. The van der Waals surface area contributed by atoms with Crippen molar-refractivity contribution in [1.82, 2.24) is 0 Å². The zero-order chi connectivity index (χ0) is 6.97. The van der Waals surface area contributed by atoms with Crippen molar-refractivity contribution < 1.29 is 0 Å². The highest BCUT2D eigenvalue weighted by Crippen LogP contribution is 2.27. The van der Waals surface area contributed by atoms with Gasteiger partial charge in [0.05, 0.1) is 18.6 Å². The van der Waals surface area contributed by atoms with Crippen LogP contribution in [0.5, 0.6) is 0 Å². The molecule has 0 bridgehead atoms. The number of fused-ring (bicyclic) bond motifs is 1. The Hall–Kier alpha value is -0.730. The van der Waals surface area contributed by atoms with Gasteiger partial charge in [-0.15, -0.1) is 0 Å². The molecule has 3 unspecified atom stereocenters. The maximum atomic E-state index is 4.18. The monoisotopic (exact) mass is 137 g/mol. The van der Waals surface area contributed by atoms with Gasteiger partial charge in [-0.1, -0.05) is 0 Å². The summed E-state index contributed by atoms with van der Waals surface area (Å²) >= 11 is 0. The fourth-order valence-corrected chi connectivity index (χ4v) is 1.59. The molecule has 3 heteroatoms. The molecule has 2 heterocycles. The van der Waals surface area contributed by atoms with E-state index >= 15 is 0 Å². The number of hydrogen-bond donors (Lipinski definition) is 0. The van der Waals surface area contributed by atoms with Crippen molar-refractivity contribution in [3.05, 3.63) is 0 Å². The summed E-state index contributed by atoms with van der Waals surface area (Å²) in [5.74, 6) is 0.650. The molecule has 0 radical (unpaired) electrons. The lowest BCUT2D eigenvalue weighted by atomic mass is 9.90. The third-order valence-corrected chi connectivity index (χ3v) is 2.31. The van der Waals surface area contributed by atoms with Crippen LogP contribution in [-0.4, -0.2) is 24.8 Å². The van der Waals surface area contributed by atoms with E-state index in [1.807, 2.05) is 6.21 Å². The maximum Gasteiger partial charge on any atom is 0.0955 e. The standard InChI is InChI=1S/C7H11N3/c1-5-6-2-3-8-4-7(6)10-9-5/h3,5-7H,2,4H2,1H3. The van der Waals surface area contributed by atoms with E-state index in [9.17, 15) is 0 Å². The minimum atomic E-state index is 0.403. The SMILES string of the molecule is CC1N=NC2CN=CCC12. The smallest absolute Gasteiger partial charge is 0.0955 e. The first-order valence-electron chi connectivity index (χ1n) is 3.76. The summed E-state index contributed by atoms with van der Waals surface area (Å²) in [4.78, 5) is 4.18. The van der Waals surface area contributed by atoms with Gasteiger partial charge in [0.2, 0.25) is 0 Å². The zero-order valence-electron chi connectivity index (χ0n) is 6.07. The van der Waals surface area contributed by atoms with Crippen LogP contribution in [0.4, 0.5) is 0 Å². The van der Waals surface area contributed by atoms with E-state index < -0.39 is 0 Å². The Morgan fingerprint density at radius 3 is 3.10 bits per heavy atom. The van der Waals surface area contributed by atoms with E-state index in [2.05, 4.69) is 22.1 Å². The first-order chi connectivity index (χ1) is 4.88. The van der Waals surface area contributed by atoms with Crippen molar-refractivity contribution >= 4 is 6.21 Å². The third kappa shape index (κ3) is 0.770. The molecule has 0 aromatic heterocycles. The number of aliphatic imine (C=N–C) groups is 1. The molecular formula is C7H11N3. The van der Waals surface area contributed by atoms with Gasteiger partial charge in [0, 0.05) is 5.92 Å². The van der Waals surface area contributed by atoms with Gasteiger partial charge in [-0.2, -0.15) is 10.2 Å². The van der Waals surface area contributed by atoms with E-state index in [4.69, 9.17) is 0 Å². The number of azo groups is 1. The van der Waals surface area contributed by atoms with E-state index in [0.29, 0.717) is 18.0 Å². The van der Waals surface area contributed by atoms with Crippen LogP contribution in [-0.2, 0) is 0 Å². The number of hydrogen-bond acceptors (Lipinski definition) is 3. The Balaban J connectivity index is 2.16. The normalized spacial score (nSPS) is 43.9. The van der Waals surface area contributed by atoms with Crippen molar-refractivity contribution in [1.29, 1.82) is 0 Å². The highest BCUT2D eigenvalue weighted by atomic mass is 15.2. The molecule has 0 aromatic rings. The molecule has 2 aliphatic heterocycles. The van der Waals surface area contributed by atoms with Crippen molar-refractivity contribution in [2.75, 3.05) is 6.54 Å². The van der Waals surface area contributed by atoms with Gasteiger partial charge in [-0.25, -0.2) is 0 Å². The molecule has 0 N–H and O–H groups in total. The van der Waals surface area contributed by atoms with Crippen molar-refractivity contribution in [2.24, 2.45) is 21.1 Å². The second-order valence-corrected chi connectivity index (χ2v) is 2.99. The molecule has 0 spiro atoms. The van der Waals surface area contributed by atoms with Crippen LogP contribution >= 0.6 is 0 Å². The van der Waals surface area contributed by atoms with Crippen molar-refractivity contribution in [2.45, 2.75) is 25.4 Å². The second kappa shape index (κ2) is 2.15. The average Bonchev–Trinajstić information content (AvgIpc) is 2.34. The molecule has 0 amide bonds. The minimum Gasteiger partial charge on any atom is -0.295 e. The first-order valence-corrected chi connectivity index (χ1v) is 3.76. The molecule has 0 aromatic carbocycles. The Bertz CT molecular complexity index is 185. The van der Waals surface area contributed by atoms with Gasteiger partial charge >= 0.3 is 0 Å². The van der Waals surface area contributed by atoms with Gasteiger partial charge < -0.3 is 0 Å². The molecule has 54 valence electrons. The van der Waals surface area contributed by atoms with Gasteiger partial charge in [-0.3, -0.25) is 4.99 Å². The maximum absolute atomic E-state index is 4.18. The molecule has 10 heavy (non-hydrogen) atoms. The lowest BCUT2D eigenvalue weighted by Gasteiger charge is -2.19. The minimum absolute atomic E-state index is 0.403. The molecule has 3 nitrogen and oxygen atoms in total.